The van der Waals surface area contributed by atoms with Crippen molar-refractivity contribution in [3.63, 3.8) is 0 Å². The van der Waals surface area contributed by atoms with Crippen LogP contribution in [0.25, 0.3) is 0 Å². The Morgan fingerprint density at radius 1 is 1.15 bits per heavy atom. The number of thiophene rings is 1. The lowest BCUT2D eigenvalue weighted by Gasteiger charge is -2.13. The van der Waals surface area contributed by atoms with Gasteiger partial charge in [-0.05, 0) is 59.9 Å². The molecule has 0 radical (unpaired) electrons. The van der Waals surface area contributed by atoms with Crippen LogP contribution in [0.4, 0.5) is 0 Å². The third-order valence-electron chi connectivity index (χ3n) is 3.17. The minimum atomic E-state index is 0.487. The Morgan fingerprint density at radius 2 is 1.95 bits per heavy atom. The van der Waals surface area contributed by atoms with Crippen LogP contribution in [0.5, 0.6) is 5.75 Å². The molecule has 0 aliphatic carbocycles. The largest absolute Gasteiger partial charge is 0.494 e. The molecule has 0 bridgehead atoms. The van der Waals surface area contributed by atoms with Gasteiger partial charge >= 0.3 is 0 Å². The van der Waals surface area contributed by atoms with Crippen LogP contribution in [0.15, 0.2) is 41.1 Å². The highest BCUT2D eigenvalue weighted by molar-refractivity contribution is 7.07. The summed E-state index contributed by atoms with van der Waals surface area (Å²) in [6, 6.07) is 11.1. The van der Waals surface area contributed by atoms with E-state index in [9.17, 15) is 0 Å². The van der Waals surface area contributed by atoms with E-state index < -0.39 is 0 Å². The predicted molar refractivity (Wildman–Crippen MR) is 86.6 cm³/mol. The van der Waals surface area contributed by atoms with Gasteiger partial charge in [0, 0.05) is 12.6 Å². The van der Waals surface area contributed by atoms with Gasteiger partial charge in [0.05, 0.1) is 6.61 Å². The summed E-state index contributed by atoms with van der Waals surface area (Å²) < 4.78 is 5.59. The summed E-state index contributed by atoms with van der Waals surface area (Å²) in [7, 11) is 0. The average molecular weight is 289 g/mol. The minimum absolute atomic E-state index is 0.487. The van der Waals surface area contributed by atoms with Crippen LogP contribution in [0.1, 0.15) is 31.4 Å². The fourth-order valence-electron chi connectivity index (χ4n) is 2.05. The van der Waals surface area contributed by atoms with Gasteiger partial charge in [-0.2, -0.15) is 11.3 Å². The van der Waals surface area contributed by atoms with Gasteiger partial charge in [-0.25, -0.2) is 0 Å². The molecule has 1 heterocycles. The maximum absolute atomic E-state index is 5.59. The van der Waals surface area contributed by atoms with Crippen molar-refractivity contribution in [3.05, 3.63) is 52.2 Å². The number of hydrogen-bond acceptors (Lipinski definition) is 3. The van der Waals surface area contributed by atoms with E-state index in [-0.39, 0.29) is 0 Å². The third kappa shape index (κ3) is 4.99. The fraction of sp³-hybridized carbons (Fsp3) is 0.412. The molecule has 0 aliphatic heterocycles. The zero-order chi connectivity index (χ0) is 14.2. The monoisotopic (exact) mass is 289 g/mol. The number of hydrogen-bond donors (Lipinski definition) is 1. The van der Waals surface area contributed by atoms with Gasteiger partial charge in [0.1, 0.15) is 5.75 Å². The lowest BCUT2D eigenvalue weighted by atomic mass is 10.1. The van der Waals surface area contributed by atoms with Crippen LogP contribution in [0, 0.1) is 0 Å². The molecule has 1 aromatic carbocycles. The van der Waals surface area contributed by atoms with E-state index >= 15 is 0 Å². The Balaban J connectivity index is 1.75. The van der Waals surface area contributed by atoms with E-state index in [1.807, 2.05) is 0 Å². The van der Waals surface area contributed by atoms with Crippen molar-refractivity contribution in [2.75, 3.05) is 6.61 Å². The number of ether oxygens (including phenoxy) is 1. The number of nitrogens with one attached hydrogen (secondary N) is 1. The Labute approximate surface area is 125 Å². The predicted octanol–water partition coefficient (Wildman–Crippen LogP) is 4.26. The molecule has 1 aromatic heterocycles. The van der Waals surface area contributed by atoms with Crippen LogP contribution in [0.2, 0.25) is 0 Å². The van der Waals surface area contributed by atoms with Crippen molar-refractivity contribution in [1.29, 1.82) is 0 Å². The van der Waals surface area contributed by atoms with Crippen molar-refractivity contribution in [1.82, 2.24) is 5.32 Å². The quantitative estimate of drug-likeness (QED) is 0.784. The molecule has 0 amide bonds. The second-order valence-corrected chi connectivity index (χ2v) is 5.89. The van der Waals surface area contributed by atoms with Crippen LogP contribution in [-0.2, 0) is 13.0 Å². The van der Waals surface area contributed by atoms with Crippen molar-refractivity contribution in [3.8, 4) is 5.75 Å². The topological polar surface area (TPSA) is 21.3 Å². The standard InChI is InChI=1S/C17H23NOS/c1-3-9-19-17-6-4-15(5-7-17)12-18-14(2)11-16-8-10-20-13-16/h4-8,10,13-14,18H,3,9,11-12H2,1-2H3. The summed E-state index contributed by atoms with van der Waals surface area (Å²) in [5.74, 6) is 0.960. The van der Waals surface area contributed by atoms with Crippen LogP contribution < -0.4 is 10.1 Å². The normalized spacial score (nSPS) is 12.3. The second-order valence-electron chi connectivity index (χ2n) is 5.11. The minimum Gasteiger partial charge on any atom is -0.494 e. The molecular formula is C17H23NOS. The molecular weight excluding hydrogens is 266 g/mol. The lowest BCUT2D eigenvalue weighted by Crippen LogP contribution is -2.27. The maximum atomic E-state index is 5.59. The highest BCUT2D eigenvalue weighted by Crippen LogP contribution is 2.13. The molecule has 1 unspecified atom stereocenters. The average Bonchev–Trinajstić information content (AvgIpc) is 2.97. The van der Waals surface area contributed by atoms with Gasteiger partial charge in [0.2, 0.25) is 0 Å². The number of benzene rings is 1. The van der Waals surface area contributed by atoms with Crippen LogP contribution in [-0.4, -0.2) is 12.6 Å². The van der Waals surface area contributed by atoms with Gasteiger partial charge in [-0.15, -0.1) is 0 Å². The summed E-state index contributed by atoms with van der Waals surface area (Å²) in [5, 5.41) is 7.92. The first-order chi connectivity index (χ1) is 9.78. The van der Waals surface area contributed by atoms with Crippen LogP contribution in [0.3, 0.4) is 0 Å². The number of rotatable bonds is 8. The van der Waals surface area contributed by atoms with E-state index in [4.69, 9.17) is 4.74 Å². The summed E-state index contributed by atoms with van der Waals surface area (Å²) in [4.78, 5) is 0. The summed E-state index contributed by atoms with van der Waals surface area (Å²) in [5.41, 5.74) is 2.71. The van der Waals surface area contributed by atoms with E-state index in [0.29, 0.717) is 6.04 Å². The van der Waals surface area contributed by atoms with Crippen molar-refractivity contribution >= 4 is 11.3 Å². The lowest BCUT2D eigenvalue weighted by molar-refractivity contribution is 0.317. The van der Waals surface area contributed by atoms with Crippen molar-refractivity contribution in [2.45, 2.75) is 39.3 Å². The van der Waals surface area contributed by atoms with E-state index in [1.54, 1.807) is 11.3 Å². The Morgan fingerprint density at radius 3 is 2.60 bits per heavy atom. The molecule has 0 saturated carbocycles. The molecule has 3 heteroatoms. The van der Waals surface area contributed by atoms with E-state index in [0.717, 1.165) is 31.7 Å². The Hall–Kier alpha value is -1.32. The Kier molecular flexibility index (Phi) is 6.09. The molecule has 0 fully saturated rings. The van der Waals surface area contributed by atoms with Gasteiger partial charge in [-0.3, -0.25) is 0 Å². The first kappa shape index (κ1) is 15.1. The van der Waals surface area contributed by atoms with Gasteiger partial charge in [-0.1, -0.05) is 19.1 Å². The summed E-state index contributed by atoms with van der Waals surface area (Å²) >= 11 is 1.76. The highest BCUT2D eigenvalue weighted by Gasteiger charge is 2.03. The molecule has 1 atom stereocenters. The molecule has 0 aliphatic rings. The molecule has 1 N–H and O–H groups in total. The van der Waals surface area contributed by atoms with Crippen molar-refractivity contribution in [2.24, 2.45) is 0 Å². The smallest absolute Gasteiger partial charge is 0.119 e. The molecule has 2 rings (SSSR count). The maximum Gasteiger partial charge on any atom is 0.119 e. The first-order valence-corrected chi connectivity index (χ1v) is 8.18. The van der Waals surface area contributed by atoms with Gasteiger partial charge < -0.3 is 10.1 Å². The summed E-state index contributed by atoms with van der Waals surface area (Å²) in [6.45, 7) is 6.04. The molecule has 2 nitrogen and oxygen atoms in total. The molecule has 108 valence electrons. The highest BCUT2D eigenvalue weighted by atomic mass is 32.1. The van der Waals surface area contributed by atoms with Gasteiger partial charge in [0.15, 0.2) is 0 Å². The molecule has 0 saturated heterocycles. The zero-order valence-electron chi connectivity index (χ0n) is 12.3. The molecule has 0 spiro atoms. The Bertz CT molecular complexity index is 478. The first-order valence-electron chi connectivity index (χ1n) is 7.24. The van der Waals surface area contributed by atoms with E-state index in [1.165, 1.54) is 11.1 Å². The SMILES string of the molecule is CCCOc1ccc(CNC(C)Cc2ccsc2)cc1. The van der Waals surface area contributed by atoms with E-state index in [2.05, 4.69) is 60.3 Å². The molecule has 20 heavy (non-hydrogen) atoms. The molecule has 2 aromatic rings. The summed E-state index contributed by atoms with van der Waals surface area (Å²) in [6.07, 6.45) is 2.13. The van der Waals surface area contributed by atoms with Crippen LogP contribution >= 0.6 is 11.3 Å². The van der Waals surface area contributed by atoms with Crippen molar-refractivity contribution < 1.29 is 4.74 Å². The third-order valence-corrected chi connectivity index (χ3v) is 3.90. The van der Waals surface area contributed by atoms with Gasteiger partial charge in [0.25, 0.3) is 0 Å². The zero-order valence-corrected chi connectivity index (χ0v) is 13.1. The second kappa shape index (κ2) is 8.08. The fourth-order valence-corrected chi connectivity index (χ4v) is 2.73.